The van der Waals surface area contributed by atoms with Gasteiger partial charge in [-0.15, -0.1) is 0 Å². The lowest BCUT2D eigenvalue weighted by molar-refractivity contribution is -0.121. The number of nitrogens with one attached hydrogen (secondary N) is 1. The lowest BCUT2D eigenvalue weighted by Gasteiger charge is -2.22. The van der Waals surface area contributed by atoms with Gasteiger partial charge in [-0.1, -0.05) is 12.8 Å². The molecule has 6 nitrogen and oxygen atoms in total. The molecule has 3 rings (SSSR count). The first kappa shape index (κ1) is 16.5. The molecule has 24 heavy (non-hydrogen) atoms. The molecular formula is C18H23N3O3. The average Bonchev–Trinajstić information content (AvgIpc) is 3.13. The van der Waals surface area contributed by atoms with Crippen molar-refractivity contribution < 1.29 is 14.3 Å². The third-order valence-corrected chi connectivity index (χ3v) is 4.73. The molecule has 0 spiro atoms. The van der Waals surface area contributed by atoms with Crippen molar-refractivity contribution in [3.8, 4) is 0 Å². The third-order valence-electron chi connectivity index (χ3n) is 4.73. The largest absolute Gasteiger partial charge is 0.461 e. The molecule has 1 fully saturated rings. The molecule has 1 aliphatic rings. The number of carbonyl (C=O) groups is 2. The predicted octanol–water partition coefficient (Wildman–Crippen LogP) is 2.57. The normalized spacial score (nSPS) is 16.3. The second-order valence-corrected chi connectivity index (χ2v) is 6.40. The van der Waals surface area contributed by atoms with Gasteiger partial charge in [0.25, 0.3) is 0 Å². The van der Waals surface area contributed by atoms with Crippen LogP contribution in [0.4, 0.5) is 5.69 Å². The fourth-order valence-electron chi connectivity index (χ4n) is 3.32. The number of nitrogens with two attached hydrogens (primary N) is 1. The van der Waals surface area contributed by atoms with Crippen LogP contribution in [0.15, 0.2) is 24.3 Å². The smallest absolute Gasteiger partial charge is 0.354 e. The number of carbonyl (C=O) groups excluding carboxylic acids is 2. The van der Waals surface area contributed by atoms with Crippen LogP contribution in [-0.2, 0) is 16.6 Å². The summed E-state index contributed by atoms with van der Waals surface area (Å²) < 4.78 is 6.86. The summed E-state index contributed by atoms with van der Waals surface area (Å²) in [5, 5.41) is 3.78. The van der Waals surface area contributed by atoms with E-state index in [2.05, 4.69) is 5.32 Å². The second kappa shape index (κ2) is 6.28. The lowest BCUT2D eigenvalue weighted by Crippen LogP contribution is -2.48. The average molecular weight is 329 g/mol. The Morgan fingerprint density at radius 1 is 1.29 bits per heavy atom. The molecule has 0 radical (unpaired) electrons. The first-order chi connectivity index (χ1) is 11.4. The van der Waals surface area contributed by atoms with E-state index in [1.807, 2.05) is 25.2 Å². The molecule has 1 saturated carbocycles. The summed E-state index contributed by atoms with van der Waals surface area (Å²) in [6.07, 6.45) is 3.42. The highest BCUT2D eigenvalue weighted by atomic mass is 16.5. The van der Waals surface area contributed by atoms with Crippen molar-refractivity contribution in [3.63, 3.8) is 0 Å². The number of rotatable bonds is 4. The summed E-state index contributed by atoms with van der Waals surface area (Å²) >= 11 is 0. The van der Waals surface area contributed by atoms with E-state index in [1.165, 1.54) is 0 Å². The number of amides is 1. The maximum Gasteiger partial charge on any atom is 0.354 e. The van der Waals surface area contributed by atoms with E-state index < -0.39 is 5.54 Å². The van der Waals surface area contributed by atoms with Crippen molar-refractivity contribution in [1.82, 2.24) is 4.57 Å². The number of aromatic nitrogens is 1. The minimum atomic E-state index is -0.762. The summed E-state index contributed by atoms with van der Waals surface area (Å²) in [6, 6.07) is 7.34. The quantitative estimate of drug-likeness (QED) is 0.844. The van der Waals surface area contributed by atoms with Crippen molar-refractivity contribution in [2.45, 2.75) is 38.1 Å². The van der Waals surface area contributed by atoms with Gasteiger partial charge in [-0.25, -0.2) is 4.79 Å². The number of anilines is 1. The SMILES string of the molecule is CCOC(=O)c1cc2cc(NC(=O)C3(N)CCCC3)ccc2n1C. The maximum atomic E-state index is 12.4. The van der Waals surface area contributed by atoms with Crippen molar-refractivity contribution in [1.29, 1.82) is 0 Å². The molecule has 0 bridgehead atoms. The highest BCUT2D eigenvalue weighted by Crippen LogP contribution is 2.29. The van der Waals surface area contributed by atoms with Gasteiger partial charge in [-0.05, 0) is 44.0 Å². The molecule has 1 amide bonds. The number of esters is 1. The molecule has 0 aliphatic heterocycles. The van der Waals surface area contributed by atoms with Crippen LogP contribution < -0.4 is 11.1 Å². The van der Waals surface area contributed by atoms with Gasteiger partial charge in [0.05, 0.1) is 12.1 Å². The van der Waals surface area contributed by atoms with Gasteiger partial charge in [-0.3, -0.25) is 4.79 Å². The summed E-state index contributed by atoms with van der Waals surface area (Å²) in [4.78, 5) is 24.4. The number of hydrogen-bond acceptors (Lipinski definition) is 4. The van der Waals surface area contributed by atoms with Gasteiger partial charge in [0.2, 0.25) is 5.91 Å². The van der Waals surface area contributed by atoms with Crippen molar-refractivity contribution >= 4 is 28.5 Å². The Morgan fingerprint density at radius 2 is 2.00 bits per heavy atom. The number of nitrogens with zero attached hydrogens (tertiary/aromatic N) is 1. The molecule has 6 heteroatoms. The number of ether oxygens (including phenoxy) is 1. The molecule has 2 aromatic rings. The Bertz CT molecular complexity index is 788. The zero-order valence-electron chi connectivity index (χ0n) is 14.1. The monoisotopic (exact) mass is 329 g/mol. The van der Waals surface area contributed by atoms with Crippen LogP contribution in [0.1, 0.15) is 43.1 Å². The molecule has 0 atom stereocenters. The van der Waals surface area contributed by atoms with Crippen LogP contribution in [-0.4, -0.2) is 28.6 Å². The molecule has 1 aromatic carbocycles. The number of hydrogen-bond donors (Lipinski definition) is 2. The first-order valence-electron chi connectivity index (χ1n) is 8.31. The van der Waals surface area contributed by atoms with E-state index in [-0.39, 0.29) is 11.9 Å². The standard InChI is InChI=1S/C18H23N3O3/c1-3-24-16(22)15-11-12-10-13(6-7-14(12)21(15)2)20-17(23)18(19)8-4-5-9-18/h6-7,10-11H,3-5,8-9,19H2,1-2H3,(H,20,23). The Balaban J connectivity index is 1.86. The van der Waals surface area contributed by atoms with E-state index >= 15 is 0 Å². The van der Waals surface area contributed by atoms with Crippen LogP contribution in [0.5, 0.6) is 0 Å². The van der Waals surface area contributed by atoms with Gasteiger partial charge in [0.1, 0.15) is 5.69 Å². The molecule has 128 valence electrons. The summed E-state index contributed by atoms with van der Waals surface area (Å²) in [7, 11) is 1.82. The molecule has 0 unspecified atom stereocenters. The topological polar surface area (TPSA) is 86.3 Å². The highest BCUT2D eigenvalue weighted by molar-refractivity contribution is 6.01. The van der Waals surface area contributed by atoms with Crippen molar-refractivity contribution in [2.75, 3.05) is 11.9 Å². The summed E-state index contributed by atoms with van der Waals surface area (Å²) in [6.45, 7) is 2.11. The highest BCUT2D eigenvalue weighted by Gasteiger charge is 2.37. The minimum absolute atomic E-state index is 0.138. The number of aryl methyl sites for hydroxylation is 1. The fraction of sp³-hybridized carbons (Fsp3) is 0.444. The van der Waals surface area contributed by atoms with Crippen molar-refractivity contribution in [3.05, 3.63) is 30.0 Å². The summed E-state index contributed by atoms with van der Waals surface area (Å²) in [5.41, 5.74) is 7.50. The maximum absolute atomic E-state index is 12.4. The van der Waals surface area contributed by atoms with Crippen LogP contribution in [0.3, 0.4) is 0 Å². The molecule has 1 aliphatic carbocycles. The lowest BCUT2D eigenvalue weighted by atomic mass is 9.98. The number of fused-ring (bicyclic) bond motifs is 1. The van der Waals surface area contributed by atoms with Crippen LogP contribution in [0.25, 0.3) is 10.9 Å². The number of benzene rings is 1. The van der Waals surface area contributed by atoms with Crippen molar-refractivity contribution in [2.24, 2.45) is 12.8 Å². The van der Waals surface area contributed by atoms with Gasteiger partial charge in [-0.2, -0.15) is 0 Å². The van der Waals surface area contributed by atoms with Gasteiger partial charge >= 0.3 is 5.97 Å². The summed E-state index contributed by atoms with van der Waals surface area (Å²) in [5.74, 6) is -0.491. The Morgan fingerprint density at radius 3 is 2.67 bits per heavy atom. The minimum Gasteiger partial charge on any atom is -0.461 e. The van der Waals surface area contributed by atoms with Gasteiger partial charge in [0.15, 0.2) is 0 Å². The molecular weight excluding hydrogens is 306 g/mol. The Labute approximate surface area is 141 Å². The van der Waals surface area contributed by atoms with Crippen LogP contribution in [0, 0.1) is 0 Å². The molecule has 3 N–H and O–H groups in total. The van der Waals surface area contributed by atoms with Gasteiger partial charge < -0.3 is 20.4 Å². The van der Waals surface area contributed by atoms with E-state index in [0.29, 0.717) is 18.0 Å². The molecule has 0 saturated heterocycles. The fourth-order valence-corrected chi connectivity index (χ4v) is 3.32. The van der Waals surface area contributed by atoms with Crippen LogP contribution >= 0.6 is 0 Å². The van der Waals surface area contributed by atoms with Crippen LogP contribution in [0.2, 0.25) is 0 Å². The van der Waals surface area contributed by atoms with E-state index in [0.717, 1.165) is 36.6 Å². The third kappa shape index (κ3) is 2.89. The Hall–Kier alpha value is -2.34. The van der Waals surface area contributed by atoms with Gasteiger partial charge in [0, 0.05) is 23.6 Å². The predicted molar refractivity (Wildman–Crippen MR) is 92.9 cm³/mol. The zero-order chi connectivity index (χ0) is 17.3. The first-order valence-corrected chi connectivity index (χ1v) is 8.31. The Kier molecular flexibility index (Phi) is 4.32. The van der Waals surface area contributed by atoms with E-state index in [1.54, 1.807) is 17.6 Å². The zero-order valence-corrected chi connectivity index (χ0v) is 14.1. The van der Waals surface area contributed by atoms with E-state index in [4.69, 9.17) is 10.5 Å². The molecule has 1 heterocycles. The molecule has 1 aromatic heterocycles. The second-order valence-electron chi connectivity index (χ2n) is 6.40. The van der Waals surface area contributed by atoms with E-state index in [9.17, 15) is 9.59 Å².